The summed E-state index contributed by atoms with van der Waals surface area (Å²) in [7, 11) is 0. The fourth-order valence-electron chi connectivity index (χ4n) is 2.58. The number of aromatic nitrogens is 2. The second-order valence-corrected chi connectivity index (χ2v) is 6.17. The van der Waals surface area contributed by atoms with E-state index < -0.39 is 18.0 Å². The predicted molar refractivity (Wildman–Crippen MR) is 99.8 cm³/mol. The van der Waals surface area contributed by atoms with E-state index in [1.807, 2.05) is 0 Å². The maximum atomic E-state index is 12.9. The topological polar surface area (TPSA) is 90.3 Å². The Morgan fingerprint density at radius 2 is 1.89 bits per heavy atom. The van der Waals surface area contributed by atoms with Gasteiger partial charge in [0.2, 0.25) is 0 Å². The smallest absolute Gasteiger partial charge is 0.326 e. The number of benzene rings is 2. The Balaban J connectivity index is 1.56. The van der Waals surface area contributed by atoms with Crippen LogP contribution >= 0.6 is 0 Å². The van der Waals surface area contributed by atoms with Crippen LogP contribution in [0, 0.1) is 5.82 Å². The van der Waals surface area contributed by atoms with Crippen molar-refractivity contribution in [2.75, 3.05) is 0 Å². The number of amides is 1. The standard InChI is InChI=1S/C20H18FN3O4/c1-13(19(26)22-10-14-6-8-15(21)9-7-14)28-18(25)11-24-12-23-17-5-3-2-4-16(17)20(24)27/h2-9,12-13H,10-11H2,1H3,(H,22,26). The normalized spacial score (nSPS) is 11.8. The van der Waals surface area contributed by atoms with Crippen molar-refractivity contribution < 1.29 is 18.7 Å². The number of ether oxygens (including phenoxy) is 1. The lowest BCUT2D eigenvalue weighted by molar-refractivity contribution is -0.155. The Hall–Kier alpha value is -3.55. The number of hydrogen-bond acceptors (Lipinski definition) is 5. The van der Waals surface area contributed by atoms with Gasteiger partial charge in [-0.1, -0.05) is 24.3 Å². The van der Waals surface area contributed by atoms with E-state index in [-0.39, 0.29) is 24.5 Å². The van der Waals surface area contributed by atoms with Crippen LogP contribution in [0.25, 0.3) is 10.9 Å². The maximum absolute atomic E-state index is 12.9. The van der Waals surface area contributed by atoms with Gasteiger partial charge in [-0.25, -0.2) is 9.37 Å². The summed E-state index contributed by atoms with van der Waals surface area (Å²) in [6.45, 7) is 1.25. The summed E-state index contributed by atoms with van der Waals surface area (Å²) >= 11 is 0. The number of nitrogens with one attached hydrogen (secondary N) is 1. The first-order valence-electron chi connectivity index (χ1n) is 8.60. The molecule has 2 aromatic carbocycles. The van der Waals surface area contributed by atoms with Crippen molar-refractivity contribution in [1.29, 1.82) is 0 Å². The zero-order valence-electron chi connectivity index (χ0n) is 15.1. The highest BCUT2D eigenvalue weighted by atomic mass is 19.1. The van der Waals surface area contributed by atoms with Crippen LogP contribution in [0.1, 0.15) is 12.5 Å². The van der Waals surface area contributed by atoms with Crippen molar-refractivity contribution in [3.05, 3.63) is 76.6 Å². The van der Waals surface area contributed by atoms with Crippen LogP contribution in [0.3, 0.4) is 0 Å². The number of para-hydroxylation sites is 1. The molecule has 1 N–H and O–H groups in total. The van der Waals surface area contributed by atoms with Crippen molar-refractivity contribution in [2.45, 2.75) is 26.1 Å². The molecule has 0 aliphatic carbocycles. The van der Waals surface area contributed by atoms with Gasteiger partial charge >= 0.3 is 5.97 Å². The van der Waals surface area contributed by atoms with E-state index in [1.165, 1.54) is 25.4 Å². The third kappa shape index (κ3) is 4.59. The molecular weight excluding hydrogens is 365 g/mol. The number of hydrogen-bond donors (Lipinski definition) is 1. The molecule has 28 heavy (non-hydrogen) atoms. The van der Waals surface area contributed by atoms with Gasteiger partial charge in [0.25, 0.3) is 11.5 Å². The maximum Gasteiger partial charge on any atom is 0.326 e. The molecule has 0 aliphatic rings. The molecule has 0 aliphatic heterocycles. The molecule has 0 spiro atoms. The SMILES string of the molecule is CC(OC(=O)Cn1cnc2ccccc2c1=O)C(=O)NCc1ccc(F)cc1. The first-order chi connectivity index (χ1) is 13.4. The van der Waals surface area contributed by atoms with Gasteiger partial charge in [-0.2, -0.15) is 0 Å². The Labute approximate surface area is 159 Å². The Morgan fingerprint density at radius 3 is 2.64 bits per heavy atom. The highest BCUT2D eigenvalue weighted by molar-refractivity contribution is 5.83. The van der Waals surface area contributed by atoms with Crippen molar-refractivity contribution in [3.8, 4) is 0 Å². The predicted octanol–water partition coefficient (Wildman–Crippen LogP) is 1.78. The summed E-state index contributed by atoms with van der Waals surface area (Å²) in [6, 6.07) is 12.5. The monoisotopic (exact) mass is 383 g/mol. The Kier molecular flexibility index (Phi) is 5.78. The number of carbonyl (C=O) groups is 2. The molecule has 3 rings (SSSR count). The minimum atomic E-state index is -1.04. The molecule has 7 nitrogen and oxygen atoms in total. The van der Waals surface area contributed by atoms with Crippen LogP contribution in [0.4, 0.5) is 4.39 Å². The van der Waals surface area contributed by atoms with Gasteiger partial charge in [0.05, 0.1) is 17.2 Å². The van der Waals surface area contributed by atoms with Crippen LogP contribution < -0.4 is 10.9 Å². The number of carbonyl (C=O) groups excluding carboxylic acids is 2. The quantitative estimate of drug-likeness (QED) is 0.656. The van der Waals surface area contributed by atoms with E-state index in [9.17, 15) is 18.8 Å². The number of esters is 1. The number of nitrogens with zero attached hydrogens (tertiary/aromatic N) is 2. The van der Waals surface area contributed by atoms with E-state index in [2.05, 4.69) is 10.3 Å². The van der Waals surface area contributed by atoms with Crippen LogP contribution in [-0.4, -0.2) is 27.5 Å². The zero-order valence-corrected chi connectivity index (χ0v) is 15.1. The van der Waals surface area contributed by atoms with Gasteiger partial charge in [-0.3, -0.25) is 19.0 Å². The van der Waals surface area contributed by atoms with E-state index in [1.54, 1.807) is 36.4 Å². The summed E-state index contributed by atoms with van der Waals surface area (Å²) in [6.07, 6.45) is 0.225. The summed E-state index contributed by atoms with van der Waals surface area (Å²) in [5, 5.41) is 3.00. The van der Waals surface area contributed by atoms with E-state index in [0.29, 0.717) is 16.5 Å². The van der Waals surface area contributed by atoms with Crippen molar-refractivity contribution in [3.63, 3.8) is 0 Å². The van der Waals surface area contributed by atoms with Crippen molar-refractivity contribution in [1.82, 2.24) is 14.9 Å². The molecule has 144 valence electrons. The van der Waals surface area contributed by atoms with Crippen LogP contribution in [0.2, 0.25) is 0 Å². The minimum absolute atomic E-state index is 0.176. The Morgan fingerprint density at radius 1 is 1.18 bits per heavy atom. The molecule has 1 unspecified atom stereocenters. The zero-order chi connectivity index (χ0) is 20.1. The largest absolute Gasteiger partial charge is 0.451 e. The first-order valence-corrected chi connectivity index (χ1v) is 8.60. The highest BCUT2D eigenvalue weighted by Gasteiger charge is 2.18. The van der Waals surface area contributed by atoms with Gasteiger partial charge in [0.15, 0.2) is 6.10 Å². The molecule has 1 aromatic heterocycles. The summed E-state index contributed by atoms with van der Waals surface area (Å²) in [5.41, 5.74) is 0.878. The highest BCUT2D eigenvalue weighted by Crippen LogP contribution is 2.05. The fraction of sp³-hybridized carbons (Fsp3) is 0.200. The first kappa shape index (κ1) is 19.2. The van der Waals surface area contributed by atoms with Crippen LogP contribution in [0.5, 0.6) is 0 Å². The number of fused-ring (bicyclic) bond motifs is 1. The summed E-state index contributed by atoms with van der Waals surface area (Å²) < 4.78 is 19.1. The molecule has 1 amide bonds. The van der Waals surface area contributed by atoms with Gasteiger partial charge in [-0.05, 0) is 36.8 Å². The lowest BCUT2D eigenvalue weighted by Gasteiger charge is -2.14. The molecule has 1 atom stereocenters. The third-order valence-corrected chi connectivity index (χ3v) is 4.09. The summed E-state index contributed by atoms with van der Waals surface area (Å²) in [4.78, 5) is 40.7. The second-order valence-electron chi connectivity index (χ2n) is 6.17. The molecule has 0 radical (unpaired) electrons. The molecule has 3 aromatic rings. The number of halogens is 1. The average Bonchev–Trinajstić information content (AvgIpc) is 2.69. The third-order valence-electron chi connectivity index (χ3n) is 4.09. The van der Waals surface area contributed by atoms with Crippen LogP contribution in [-0.2, 0) is 27.4 Å². The van der Waals surface area contributed by atoms with Crippen molar-refractivity contribution >= 4 is 22.8 Å². The van der Waals surface area contributed by atoms with E-state index in [0.717, 1.165) is 4.57 Å². The Bertz CT molecular complexity index is 1060. The van der Waals surface area contributed by atoms with Crippen LogP contribution in [0.15, 0.2) is 59.7 Å². The van der Waals surface area contributed by atoms with Gasteiger partial charge < -0.3 is 10.1 Å². The molecule has 0 saturated carbocycles. The molecule has 8 heteroatoms. The van der Waals surface area contributed by atoms with Crippen molar-refractivity contribution in [2.24, 2.45) is 0 Å². The van der Waals surface area contributed by atoms with E-state index >= 15 is 0 Å². The number of rotatable bonds is 6. The van der Waals surface area contributed by atoms with Gasteiger partial charge in [0.1, 0.15) is 12.4 Å². The second kappa shape index (κ2) is 8.43. The molecule has 1 heterocycles. The minimum Gasteiger partial charge on any atom is -0.451 e. The lowest BCUT2D eigenvalue weighted by Crippen LogP contribution is -2.37. The molecular formula is C20H18FN3O4. The summed E-state index contributed by atoms with van der Waals surface area (Å²) in [5.74, 6) is -1.60. The van der Waals surface area contributed by atoms with Gasteiger partial charge in [-0.15, -0.1) is 0 Å². The fourth-order valence-corrected chi connectivity index (χ4v) is 2.58. The average molecular weight is 383 g/mol. The molecule has 0 fully saturated rings. The molecule has 0 saturated heterocycles. The lowest BCUT2D eigenvalue weighted by atomic mass is 10.2. The van der Waals surface area contributed by atoms with E-state index in [4.69, 9.17) is 4.74 Å². The van der Waals surface area contributed by atoms with Gasteiger partial charge in [0, 0.05) is 6.54 Å². The molecule has 0 bridgehead atoms.